The number of carbonyl (C=O) groups is 1. The first-order valence-corrected chi connectivity index (χ1v) is 5.81. The summed E-state index contributed by atoms with van der Waals surface area (Å²) >= 11 is 0. The van der Waals surface area contributed by atoms with E-state index in [0.29, 0.717) is 0 Å². The van der Waals surface area contributed by atoms with Crippen LogP contribution in [0.15, 0.2) is 24.3 Å². The topological polar surface area (TPSA) is 57.4 Å². The molecule has 2 heterocycles. The number of alkyl carbamates (subject to hydrolysis) is 1. The Morgan fingerprint density at radius 1 is 1.67 bits per heavy atom. The van der Waals surface area contributed by atoms with E-state index in [2.05, 4.69) is 9.72 Å². The van der Waals surface area contributed by atoms with Crippen LogP contribution in [0.25, 0.3) is 10.9 Å². The van der Waals surface area contributed by atoms with Crippen molar-refractivity contribution in [1.29, 1.82) is 0 Å². The zero-order valence-electron chi connectivity index (χ0n) is 26.5. The normalized spacial score (nSPS) is 37.9. The van der Waals surface area contributed by atoms with Gasteiger partial charge in [0.15, 0.2) is 0 Å². The number of carbonyl (C=O) groups excluding carboxylic acids is 1. The Kier molecular flexibility index (Phi) is 1.23. The van der Waals surface area contributed by atoms with E-state index >= 15 is 0 Å². The predicted octanol–water partition coefficient (Wildman–Crippen LogP) is 1.92. The number of ether oxygens (including phenoxy) is 1. The number of aromatic amines is 1. The van der Waals surface area contributed by atoms with Crippen LogP contribution in [0.4, 0.5) is 4.79 Å². The van der Waals surface area contributed by atoms with Gasteiger partial charge in [0.1, 0.15) is 6.56 Å². The van der Waals surface area contributed by atoms with Crippen LogP contribution in [0, 0.1) is 0 Å². The molecule has 0 saturated carbocycles. The number of aromatic nitrogens is 1. The Bertz CT molecular complexity index is 1240. The first-order valence-electron chi connectivity index (χ1n) is 13.8. The summed E-state index contributed by atoms with van der Waals surface area (Å²) in [6.07, 6.45) is -6.78. The number of fused-ring (bicyclic) bond motifs is 1. The van der Waals surface area contributed by atoms with Crippen LogP contribution in [0.1, 0.15) is 33.1 Å². The highest BCUT2D eigenvalue weighted by molar-refractivity contribution is 5.84. The molecule has 0 bridgehead atoms. The van der Waals surface area contributed by atoms with Crippen molar-refractivity contribution in [2.75, 3.05) is 27.1 Å². The van der Waals surface area contributed by atoms with Gasteiger partial charge >= 0.3 is 6.09 Å². The summed E-state index contributed by atoms with van der Waals surface area (Å²) < 4.78 is 132. The number of cyclic esters (lactones) is 1. The summed E-state index contributed by atoms with van der Waals surface area (Å²) in [4.78, 5) is 14.1. The first-order chi connectivity index (χ1) is 16.4. The lowest BCUT2D eigenvalue weighted by molar-refractivity contribution is 0.177. The fourth-order valence-corrected chi connectivity index (χ4v) is 1.73. The molecule has 0 aliphatic carbocycles. The van der Waals surface area contributed by atoms with Crippen molar-refractivity contribution in [2.45, 2.75) is 18.8 Å². The molecule has 5 nitrogen and oxygen atoms in total. The van der Waals surface area contributed by atoms with Crippen molar-refractivity contribution in [3.05, 3.63) is 35.5 Å². The van der Waals surface area contributed by atoms with Gasteiger partial charge in [0.25, 0.3) is 0 Å². The largest absolute Gasteiger partial charge is 0.447 e. The summed E-state index contributed by atoms with van der Waals surface area (Å²) in [6, 6.07) is -5.94. The molecule has 112 valence electrons. The molecule has 1 aromatic carbocycles. The average Bonchev–Trinajstić information content (AvgIpc) is 3.22. The lowest BCUT2D eigenvalue weighted by Crippen LogP contribution is -2.28. The van der Waals surface area contributed by atoms with E-state index < -0.39 is 86.6 Å². The minimum Gasteiger partial charge on any atom is -0.447 e. The van der Waals surface area contributed by atoms with Gasteiger partial charge in [-0.15, -0.1) is 0 Å². The van der Waals surface area contributed by atoms with E-state index in [9.17, 15) is 4.79 Å². The van der Waals surface area contributed by atoms with E-state index in [1.165, 1.54) is 0 Å². The SMILES string of the molecule is [2H]c1c(C([2H])([2H])[C@]2([2H])NC(=O)OC2([2H])[2H])c([2H])c2c(C([2H])([2H])CN(C([2H])([2H])[2H])C([2H])([2H])[2H])c[nH]c2c1[2H]. The Labute approximate surface area is 146 Å². The predicted molar refractivity (Wildman–Crippen MR) is 82.5 cm³/mol. The van der Waals surface area contributed by atoms with E-state index in [0.717, 1.165) is 6.20 Å². The summed E-state index contributed by atoms with van der Waals surface area (Å²) in [5.41, 5.74) is -1.92. The van der Waals surface area contributed by atoms with Crippen LogP contribution in [-0.4, -0.2) is 49.1 Å². The van der Waals surface area contributed by atoms with Crippen LogP contribution in [0.3, 0.4) is 0 Å². The number of likely N-dealkylation sites (N-methyl/N-ethyl adjacent to an activating group) is 1. The molecular weight excluding hydrogens is 266 g/mol. The van der Waals surface area contributed by atoms with Crippen LogP contribution >= 0.6 is 0 Å². The second kappa shape index (κ2) is 5.77. The molecule has 2 aromatic rings. The molecule has 1 atom stereocenters. The van der Waals surface area contributed by atoms with Gasteiger partial charge in [-0.25, -0.2) is 4.79 Å². The van der Waals surface area contributed by atoms with E-state index in [4.69, 9.17) is 21.9 Å². The van der Waals surface area contributed by atoms with Gasteiger partial charge in [-0.3, -0.25) is 0 Å². The molecular formula is C16H21N3O2. The summed E-state index contributed by atoms with van der Waals surface area (Å²) in [5.74, 6) is 0. The molecule has 0 spiro atoms. The maximum atomic E-state index is 11.7. The second-order valence-corrected chi connectivity index (χ2v) is 4.08. The monoisotopic (exact) mass is 303 g/mol. The number of nitrogens with one attached hydrogen (secondary N) is 2. The van der Waals surface area contributed by atoms with Crippen LogP contribution in [0.5, 0.6) is 0 Å². The molecule has 2 N–H and O–H groups in total. The van der Waals surface area contributed by atoms with Gasteiger partial charge in [-0.05, 0) is 49.9 Å². The standard InChI is InChI=1S/C16H21N3O2/c1-19(2)6-5-12-9-17-15-4-3-11(8-14(12)15)7-13-10-21-16(20)18-13/h3-4,8-9,13,17H,5-7,10H2,1-2H3,(H,18,20)/t13-/m0/s1/i1D3,2D3,3D,4D,5D2,7D2,8D,10D2,13D. The molecule has 1 aliphatic heterocycles. The molecule has 3 rings (SSSR count). The number of nitrogens with zero attached hydrogens (tertiary/aromatic N) is 1. The Morgan fingerprint density at radius 2 is 2.57 bits per heavy atom. The van der Waals surface area contributed by atoms with Crippen molar-refractivity contribution in [2.24, 2.45) is 0 Å². The van der Waals surface area contributed by atoms with Gasteiger partial charge in [0.2, 0.25) is 0 Å². The van der Waals surface area contributed by atoms with Crippen LogP contribution in [0.2, 0.25) is 0 Å². The summed E-state index contributed by atoms with van der Waals surface area (Å²) in [7, 11) is 0. The second-order valence-electron chi connectivity index (χ2n) is 4.08. The van der Waals surface area contributed by atoms with Crippen molar-refractivity contribution < 1.29 is 31.5 Å². The number of amides is 1. The third kappa shape index (κ3) is 3.19. The Hall–Kier alpha value is -2.01. The number of H-pyrrole nitrogens is 1. The number of rotatable bonds is 5. The minimum absolute atomic E-state index is 0.0537. The zero-order valence-corrected chi connectivity index (χ0v) is 10.5. The molecule has 5 heteroatoms. The maximum Gasteiger partial charge on any atom is 0.407 e. The smallest absolute Gasteiger partial charge is 0.407 e. The van der Waals surface area contributed by atoms with Crippen molar-refractivity contribution in [3.63, 3.8) is 0 Å². The molecule has 21 heavy (non-hydrogen) atoms. The lowest BCUT2D eigenvalue weighted by atomic mass is 10.0. The lowest BCUT2D eigenvalue weighted by Gasteiger charge is -2.09. The first kappa shape index (κ1) is 4.49. The molecule has 0 radical (unpaired) electrons. The van der Waals surface area contributed by atoms with E-state index in [1.54, 1.807) is 5.32 Å². The van der Waals surface area contributed by atoms with E-state index in [-0.39, 0.29) is 10.4 Å². The highest BCUT2D eigenvalue weighted by Crippen LogP contribution is 2.21. The highest BCUT2D eigenvalue weighted by Gasteiger charge is 2.22. The van der Waals surface area contributed by atoms with Gasteiger partial charge < -0.3 is 19.9 Å². The molecule has 0 unspecified atom stereocenters. The van der Waals surface area contributed by atoms with Crippen molar-refractivity contribution in [1.82, 2.24) is 15.2 Å². The van der Waals surface area contributed by atoms with Crippen molar-refractivity contribution >= 4 is 17.0 Å². The summed E-state index contributed by atoms with van der Waals surface area (Å²) in [5, 5.41) is 1.18. The molecule has 1 aromatic heterocycles. The van der Waals surface area contributed by atoms with E-state index in [1.807, 2.05) is 0 Å². The fourth-order valence-electron chi connectivity index (χ4n) is 1.73. The quantitative estimate of drug-likeness (QED) is 0.887. The number of benzene rings is 1. The third-order valence-corrected chi connectivity index (χ3v) is 2.59. The average molecular weight is 303 g/mol. The van der Waals surface area contributed by atoms with Gasteiger partial charge in [0, 0.05) is 37.4 Å². The van der Waals surface area contributed by atoms with Crippen molar-refractivity contribution in [3.8, 4) is 0 Å². The van der Waals surface area contributed by atoms with Crippen LogP contribution < -0.4 is 5.32 Å². The zero-order chi connectivity index (χ0) is 28.7. The number of hydrogen-bond donors (Lipinski definition) is 2. The van der Waals surface area contributed by atoms with Gasteiger partial charge in [0.05, 0.1) is 14.2 Å². The Balaban J connectivity index is 2.29. The fraction of sp³-hybridized carbons (Fsp3) is 0.438. The summed E-state index contributed by atoms with van der Waals surface area (Å²) in [6.45, 7) is -11.0. The van der Waals surface area contributed by atoms with Gasteiger partial charge in [-0.1, -0.05) is 6.04 Å². The molecule has 1 saturated heterocycles. The Morgan fingerprint density at radius 3 is 3.33 bits per heavy atom. The third-order valence-electron chi connectivity index (χ3n) is 2.59. The van der Waals surface area contributed by atoms with Gasteiger partial charge in [-0.2, -0.15) is 0 Å². The number of hydrogen-bond acceptors (Lipinski definition) is 3. The minimum atomic E-state index is -3.40. The van der Waals surface area contributed by atoms with Crippen LogP contribution in [-0.2, 0) is 17.5 Å². The maximum absolute atomic E-state index is 11.7. The molecule has 1 amide bonds. The highest BCUT2D eigenvalue weighted by atomic mass is 16.6. The molecule has 1 aliphatic rings. The molecule has 1 fully saturated rings.